The van der Waals surface area contributed by atoms with E-state index in [0.29, 0.717) is 0 Å². The average Bonchev–Trinajstić information content (AvgIpc) is 3.04. The minimum atomic E-state index is -3.90. The summed E-state index contributed by atoms with van der Waals surface area (Å²) in [4.78, 5) is 41.6. The number of hydrogen-bond donors (Lipinski definition) is 0. The standard InChI is InChI=1S/C23H24FN3O5S/c1-15(2)20(27-21(28)18-8-3-4-9-19(18)22(27)29)23(30)25-10-12-26(13-11-25)33(31,32)17-7-5-6-16(24)14-17/h3-9,14-15,20H,10-13H2,1-2H3. The van der Waals surface area contributed by atoms with Gasteiger partial charge in [-0.1, -0.05) is 32.0 Å². The molecule has 4 rings (SSSR count). The first kappa shape index (κ1) is 23.1. The van der Waals surface area contributed by atoms with Gasteiger partial charge < -0.3 is 4.90 Å². The summed E-state index contributed by atoms with van der Waals surface area (Å²) in [6.45, 7) is 3.77. The fraction of sp³-hybridized carbons (Fsp3) is 0.348. The third-order valence-corrected chi connectivity index (χ3v) is 7.87. The summed E-state index contributed by atoms with van der Waals surface area (Å²) >= 11 is 0. The second kappa shape index (κ2) is 8.68. The fourth-order valence-electron chi connectivity index (χ4n) is 4.27. The lowest BCUT2D eigenvalue weighted by Gasteiger charge is -2.38. The third kappa shape index (κ3) is 4.04. The summed E-state index contributed by atoms with van der Waals surface area (Å²) in [6.07, 6.45) is 0. The summed E-state index contributed by atoms with van der Waals surface area (Å²) in [6, 6.07) is 10.2. The van der Waals surface area contributed by atoms with Crippen LogP contribution in [-0.2, 0) is 14.8 Å². The van der Waals surface area contributed by atoms with Gasteiger partial charge in [-0.2, -0.15) is 4.31 Å². The zero-order valence-corrected chi connectivity index (χ0v) is 19.1. The van der Waals surface area contributed by atoms with Gasteiger partial charge in [0.25, 0.3) is 11.8 Å². The number of nitrogens with zero attached hydrogens (tertiary/aromatic N) is 3. The molecule has 8 nitrogen and oxygen atoms in total. The highest BCUT2D eigenvalue weighted by atomic mass is 32.2. The molecule has 0 spiro atoms. The van der Waals surface area contributed by atoms with Crippen LogP contribution >= 0.6 is 0 Å². The van der Waals surface area contributed by atoms with Crippen molar-refractivity contribution in [1.82, 2.24) is 14.1 Å². The Labute approximate surface area is 191 Å². The van der Waals surface area contributed by atoms with Crippen molar-refractivity contribution in [1.29, 1.82) is 0 Å². The number of imide groups is 1. The Kier molecular flexibility index (Phi) is 6.06. The summed E-state index contributed by atoms with van der Waals surface area (Å²) in [5, 5.41) is 0. The van der Waals surface area contributed by atoms with Crippen LogP contribution < -0.4 is 0 Å². The second-order valence-corrected chi connectivity index (χ2v) is 10.3. The molecule has 33 heavy (non-hydrogen) atoms. The molecular formula is C23H24FN3O5S. The van der Waals surface area contributed by atoms with Crippen molar-refractivity contribution in [3.63, 3.8) is 0 Å². The maximum atomic E-state index is 13.5. The average molecular weight is 474 g/mol. The molecule has 1 atom stereocenters. The number of amides is 3. The molecule has 0 N–H and O–H groups in total. The Balaban J connectivity index is 1.50. The molecule has 10 heteroatoms. The maximum Gasteiger partial charge on any atom is 0.262 e. The molecular weight excluding hydrogens is 449 g/mol. The number of fused-ring (bicyclic) bond motifs is 1. The zero-order valence-electron chi connectivity index (χ0n) is 18.3. The first-order chi connectivity index (χ1) is 15.6. The molecule has 2 aromatic rings. The molecule has 2 heterocycles. The van der Waals surface area contributed by atoms with Crippen molar-refractivity contribution < 1.29 is 27.2 Å². The van der Waals surface area contributed by atoms with Crippen molar-refractivity contribution in [2.75, 3.05) is 26.2 Å². The number of halogens is 1. The van der Waals surface area contributed by atoms with Gasteiger partial charge in [-0.25, -0.2) is 12.8 Å². The van der Waals surface area contributed by atoms with Gasteiger partial charge in [0, 0.05) is 26.2 Å². The number of carbonyl (C=O) groups is 3. The zero-order chi connectivity index (χ0) is 23.9. The summed E-state index contributed by atoms with van der Waals surface area (Å²) in [5.41, 5.74) is 0.541. The van der Waals surface area contributed by atoms with E-state index >= 15 is 0 Å². The van der Waals surface area contributed by atoms with Crippen LogP contribution in [0.1, 0.15) is 34.6 Å². The number of carbonyl (C=O) groups excluding carboxylic acids is 3. The lowest BCUT2D eigenvalue weighted by atomic mass is 10.0. The SMILES string of the molecule is CC(C)C(C(=O)N1CCN(S(=O)(=O)c2cccc(F)c2)CC1)N1C(=O)c2ccccc2C1=O. The molecule has 3 amide bonds. The first-order valence-electron chi connectivity index (χ1n) is 10.6. The number of piperazine rings is 1. The maximum absolute atomic E-state index is 13.5. The molecule has 2 aromatic carbocycles. The van der Waals surface area contributed by atoms with Crippen LogP contribution in [0.4, 0.5) is 4.39 Å². The molecule has 0 aliphatic carbocycles. The summed E-state index contributed by atoms with van der Waals surface area (Å²) < 4.78 is 40.4. The lowest BCUT2D eigenvalue weighted by molar-refractivity contribution is -0.138. The van der Waals surface area contributed by atoms with E-state index in [0.717, 1.165) is 11.0 Å². The molecule has 1 saturated heterocycles. The molecule has 174 valence electrons. The Bertz CT molecular complexity index is 1190. The topological polar surface area (TPSA) is 95.1 Å². The molecule has 1 unspecified atom stereocenters. The highest BCUT2D eigenvalue weighted by molar-refractivity contribution is 7.89. The predicted octanol–water partition coefficient (Wildman–Crippen LogP) is 1.98. The van der Waals surface area contributed by atoms with E-state index < -0.39 is 39.6 Å². The van der Waals surface area contributed by atoms with Crippen LogP contribution in [0.15, 0.2) is 53.4 Å². The van der Waals surface area contributed by atoms with Gasteiger partial charge in [-0.05, 0) is 36.2 Å². The van der Waals surface area contributed by atoms with E-state index in [1.165, 1.54) is 27.4 Å². The molecule has 0 saturated carbocycles. The van der Waals surface area contributed by atoms with E-state index in [9.17, 15) is 27.2 Å². The van der Waals surface area contributed by atoms with E-state index in [-0.39, 0.29) is 48.1 Å². The van der Waals surface area contributed by atoms with Crippen molar-refractivity contribution in [3.8, 4) is 0 Å². The van der Waals surface area contributed by atoms with Gasteiger partial charge in [0.1, 0.15) is 11.9 Å². The van der Waals surface area contributed by atoms with Gasteiger partial charge in [0.15, 0.2) is 0 Å². The number of benzene rings is 2. The normalized spacial score (nSPS) is 18.1. The van der Waals surface area contributed by atoms with Gasteiger partial charge >= 0.3 is 0 Å². The van der Waals surface area contributed by atoms with Crippen LogP contribution in [0, 0.1) is 11.7 Å². The summed E-state index contributed by atoms with van der Waals surface area (Å²) in [5.74, 6) is -2.40. The van der Waals surface area contributed by atoms with Gasteiger partial charge in [-0.15, -0.1) is 0 Å². The van der Waals surface area contributed by atoms with Crippen LogP contribution in [0.25, 0.3) is 0 Å². The smallest absolute Gasteiger partial charge is 0.262 e. The number of hydrogen-bond acceptors (Lipinski definition) is 5. The van der Waals surface area contributed by atoms with Gasteiger partial charge in [0.2, 0.25) is 15.9 Å². The largest absolute Gasteiger partial charge is 0.338 e. The third-order valence-electron chi connectivity index (χ3n) is 5.97. The van der Waals surface area contributed by atoms with Crippen LogP contribution in [0.2, 0.25) is 0 Å². The highest BCUT2D eigenvalue weighted by Crippen LogP contribution is 2.28. The van der Waals surface area contributed by atoms with E-state index in [1.807, 2.05) is 0 Å². The predicted molar refractivity (Wildman–Crippen MR) is 117 cm³/mol. The van der Waals surface area contributed by atoms with Crippen LogP contribution in [0.3, 0.4) is 0 Å². The molecule has 1 fully saturated rings. The van der Waals surface area contributed by atoms with Crippen molar-refractivity contribution in [2.24, 2.45) is 5.92 Å². The highest BCUT2D eigenvalue weighted by Gasteiger charge is 2.45. The number of rotatable bonds is 5. The van der Waals surface area contributed by atoms with Gasteiger partial charge in [-0.3, -0.25) is 19.3 Å². The Morgan fingerprint density at radius 1 is 0.909 bits per heavy atom. The van der Waals surface area contributed by atoms with E-state index in [4.69, 9.17) is 0 Å². The Morgan fingerprint density at radius 3 is 2.00 bits per heavy atom. The minimum Gasteiger partial charge on any atom is -0.338 e. The lowest BCUT2D eigenvalue weighted by Crippen LogP contribution is -2.58. The molecule has 0 radical (unpaired) electrons. The molecule has 0 aromatic heterocycles. The van der Waals surface area contributed by atoms with Gasteiger partial charge in [0.05, 0.1) is 16.0 Å². The van der Waals surface area contributed by atoms with E-state index in [2.05, 4.69) is 0 Å². The first-order valence-corrected chi connectivity index (χ1v) is 12.1. The monoisotopic (exact) mass is 473 g/mol. The fourth-order valence-corrected chi connectivity index (χ4v) is 5.72. The summed E-state index contributed by atoms with van der Waals surface area (Å²) in [7, 11) is -3.90. The van der Waals surface area contributed by atoms with Crippen molar-refractivity contribution in [3.05, 3.63) is 65.5 Å². The Morgan fingerprint density at radius 2 is 1.48 bits per heavy atom. The van der Waals surface area contributed by atoms with Crippen molar-refractivity contribution in [2.45, 2.75) is 24.8 Å². The number of sulfonamides is 1. The van der Waals surface area contributed by atoms with Crippen LogP contribution in [-0.4, -0.2) is 72.5 Å². The van der Waals surface area contributed by atoms with Crippen molar-refractivity contribution >= 4 is 27.7 Å². The van der Waals surface area contributed by atoms with Crippen LogP contribution in [0.5, 0.6) is 0 Å². The minimum absolute atomic E-state index is 0.0253. The second-order valence-electron chi connectivity index (χ2n) is 8.40. The molecule has 2 aliphatic heterocycles. The quantitative estimate of drug-likeness (QED) is 0.619. The molecule has 0 bridgehead atoms. The Hall–Kier alpha value is -3.11. The molecule has 2 aliphatic rings. The van der Waals surface area contributed by atoms with E-state index in [1.54, 1.807) is 38.1 Å².